The summed E-state index contributed by atoms with van der Waals surface area (Å²) in [6.07, 6.45) is -4.92. The van der Waals surface area contributed by atoms with Gasteiger partial charge in [0.05, 0.1) is 48.2 Å². The number of hydrogen-bond donors (Lipinski definition) is 2. The number of alkyl halides is 3. The molecule has 2 saturated heterocycles. The topological polar surface area (TPSA) is 104 Å². The molecule has 0 radical (unpaired) electrons. The standard InChI is InChI=1S/C21H18F3N3O4/c1-30-16-6-10(4-5-26-16)17-18(15-8-14(28)19(17)31-15)20(29)27-13-7-12(21(22,23)24)3-2-11(13)9-25/h2-7,14-15,17-19,28H,8H2,1H3,(H,27,29)/t14-,15+,17+,18-,19-/m1/s1. The van der Waals surface area contributed by atoms with Crippen LogP contribution in [-0.4, -0.2) is 41.4 Å². The molecular weight excluding hydrogens is 415 g/mol. The van der Waals surface area contributed by atoms with Crippen molar-refractivity contribution in [2.75, 3.05) is 12.4 Å². The van der Waals surface area contributed by atoms with E-state index >= 15 is 0 Å². The van der Waals surface area contributed by atoms with Crippen LogP contribution in [0.1, 0.15) is 29.0 Å². The van der Waals surface area contributed by atoms with E-state index < -0.39 is 47.8 Å². The van der Waals surface area contributed by atoms with Gasteiger partial charge in [0, 0.05) is 24.6 Å². The molecule has 10 heteroatoms. The molecule has 2 aromatic rings. The van der Waals surface area contributed by atoms with Crippen LogP contribution in [0.2, 0.25) is 0 Å². The normalized spacial score (nSPS) is 27.0. The van der Waals surface area contributed by atoms with Gasteiger partial charge >= 0.3 is 6.18 Å². The highest BCUT2D eigenvalue weighted by molar-refractivity contribution is 5.95. The molecule has 0 saturated carbocycles. The van der Waals surface area contributed by atoms with Gasteiger partial charge in [-0.15, -0.1) is 0 Å². The fourth-order valence-corrected chi connectivity index (χ4v) is 4.32. The minimum atomic E-state index is -4.62. The number of rotatable bonds is 4. The lowest BCUT2D eigenvalue weighted by Crippen LogP contribution is -2.41. The molecule has 7 nitrogen and oxygen atoms in total. The van der Waals surface area contributed by atoms with Crippen LogP contribution in [0.3, 0.4) is 0 Å². The Morgan fingerprint density at radius 2 is 2.13 bits per heavy atom. The van der Waals surface area contributed by atoms with Gasteiger partial charge in [-0.2, -0.15) is 18.4 Å². The number of aliphatic hydroxyl groups excluding tert-OH is 1. The molecule has 3 heterocycles. The van der Waals surface area contributed by atoms with Crippen molar-refractivity contribution < 1.29 is 32.5 Å². The molecule has 0 unspecified atom stereocenters. The van der Waals surface area contributed by atoms with Crippen molar-refractivity contribution in [3.05, 3.63) is 53.2 Å². The van der Waals surface area contributed by atoms with Crippen LogP contribution in [0.15, 0.2) is 36.5 Å². The maximum absolute atomic E-state index is 13.2. The van der Waals surface area contributed by atoms with Gasteiger partial charge in [-0.05, 0) is 29.8 Å². The summed E-state index contributed by atoms with van der Waals surface area (Å²) >= 11 is 0. The molecule has 162 valence electrons. The maximum atomic E-state index is 13.2. The number of methoxy groups -OCH3 is 1. The van der Waals surface area contributed by atoms with E-state index in [1.807, 2.05) is 0 Å². The zero-order valence-corrected chi connectivity index (χ0v) is 16.3. The van der Waals surface area contributed by atoms with E-state index in [4.69, 9.17) is 9.47 Å². The number of hydrogen-bond acceptors (Lipinski definition) is 6. The number of nitrogens with zero attached hydrogens (tertiary/aromatic N) is 2. The van der Waals surface area contributed by atoms with Crippen molar-refractivity contribution in [1.29, 1.82) is 5.26 Å². The number of benzene rings is 1. The maximum Gasteiger partial charge on any atom is 0.416 e. The fraction of sp³-hybridized carbons (Fsp3) is 0.381. The number of nitrogens with one attached hydrogen (secondary N) is 1. The minimum Gasteiger partial charge on any atom is -0.481 e. The van der Waals surface area contributed by atoms with Crippen molar-refractivity contribution in [2.45, 2.75) is 36.8 Å². The summed E-state index contributed by atoms with van der Waals surface area (Å²) < 4.78 is 50.2. The molecule has 0 spiro atoms. The Hall–Kier alpha value is -3.16. The number of ether oxygens (including phenoxy) is 2. The van der Waals surface area contributed by atoms with Crippen LogP contribution >= 0.6 is 0 Å². The molecule has 1 amide bonds. The number of amides is 1. The van der Waals surface area contributed by atoms with Crippen LogP contribution in [0.4, 0.5) is 18.9 Å². The summed E-state index contributed by atoms with van der Waals surface area (Å²) in [5.74, 6) is -1.60. The van der Waals surface area contributed by atoms with Gasteiger partial charge in [0.2, 0.25) is 11.8 Å². The molecule has 2 bridgehead atoms. The van der Waals surface area contributed by atoms with E-state index in [0.717, 1.165) is 18.2 Å². The quantitative estimate of drug-likeness (QED) is 0.769. The summed E-state index contributed by atoms with van der Waals surface area (Å²) in [5, 5.41) is 22.0. The van der Waals surface area contributed by atoms with Crippen molar-refractivity contribution in [3.8, 4) is 11.9 Å². The predicted octanol–water partition coefficient (Wildman–Crippen LogP) is 2.85. The summed E-state index contributed by atoms with van der Waals surface area (Å²) in [6, 6.07) is 7.65. The molecular formula is C21H18F3N3O4. The number of anilines is 1. The zero-order valence-electron chi connectivity index (χ0n) is 16.3. The van der Waals surface area contributed by atoms with Gasteiger partial charge in [-0.25, -0.2) is 4.98 Å². The Balaban J connectivity index is 1.67. The third-order valence-corrected chi connectivity index (χ3v) is 5.71. The van der Waals surface area contributed by atoms with E-state index in [1.54, 1.807) is 18.2 Å². The number of carbonyl (C=O) groups is 1. The molecule has 2 aliphatic heterocycles. The first-order valence-corrected chi connectivity index (χ1v) is 9.48. The van der Waals surface area contributed by atoms with Gasteiger partial charge in [0.15, 0.2) is 0 Å². The lowest BCUT2D eigenvalue weighted by Gasteiger charge is -2.30. The summed E-state index contributed by atoms with van der Waals surface area (Å²) in [5.41, 5.74) is -0.635. The molecule has 1 aromatic heterocycles. The Morgan fingerprint density at radius 1 is 1.35 bits per heavy atom. The van der Waals surface area contributed by atoms with Crippen molar-refractivity contribution in [2.24, 2.45) is 5.92 Å². The highest BCUT2D eigenvalue weighted by atomic mass is 19.4. The lowest BCUT2D eigenvalue weighted by molar-refractivity contribution is -0.137. The van der Waals surface area contributed by atoms with Gasteiger partial charge in [-0.1, -0.05) is 0 Å². The highest BCUT2D eigenvalue weighted by Gasteiger charge is 2.57. The predicted molar refractivity (Wildman–Crippen MR) is 101 cm³/mol. The molecule has 4 rings (SSSR count). The molecule has 2 fully saturated rings. The Kier molecular flexibility index (Phi) is 5.33. The van der Waals surface area contributed by atoms with Crippen LogP contribution in [0.25, 0.3) is 0 Å². The Morgan fingerprint density at radius 3 is 2.81 bits per heavy atom. The molecule has 2 aliphatic rings. The number of aromatic nitrogens is 1. The van der Waals surface area contributed by atoms with Crippen LogP contribution in [0.5, 0.6) is 5.88 Å². The molecule has 1 aromatic carbocycles. The number of pyridine rings is 1. The molecule has 5 atom stereocenters. The first-order chi connectivity index (χ1) is 14.7. The summed E-state index contributed by atoms with van der Waals surface area (Å²) in [4.78, 5) is 17.2. The van der Waals surface area contributed by atoms with Gasteiger partial charge in [0.25, 0.3) is 0 Å². The monoisotopic (exact) mass is 433 g/mol. The van der Waals surface area contributed by atoms with Crippen molar-refractivity contribution in [1.82, 2.24) is 4.98 Å². The number of aliphatic hydroxyl groups is 1. The van der Waals surface area contributed by atoms with Crippen LogP contribution < -0.4 is 10.1 Å². The molecule has 2 N–H and O–H groups in total. The SMILES string of the molecule is COc1cc([C@@H]2[C@@H]3O[C@@H](C[C@H]3O)[C@H]2C(=O)Nc2cc(C(F)(F)F)ccc2C#N)ccn1. The third-order valence-electron chi connectivity index (χ3n) is 5.71. The second kappa shape index (κ2) is 7.83. The highest BCUT2D eigenvalue weighted by Crippen LogP contribution is 2.49. The summed E-state index contributed by atoms with van der Waals surface area (Å²) in [7, 11) is 1.44. The van der Waals surface area contributed by atoms with Crippen LogP contribution in [0, 0.1) is 17.2 Å². The second-order valence-corrected chi connectivity index (χ2v) is 7.48. The molecule has 31 heavy (non-hydrogen) atoms. The number of halogens is 3. The fourth-order valence-electron chi connectivity index (χ4n) is 4.32. The first-order valence-electron chi connectivity index (χ1n) is 9.48. The number of carbonyl (C=O) groups excluding carboxylic acids is 1. The van der Waals surface area contributed by atoms with Crippen LogP contribution in [-0.2, 0) is 15.7 Å². The largest absolute Gasteiger partial charge is 0.481 e. The van der Waals surface area contributed by atoms with Crippen molar-refractivity contribution in [3.63, 3.8) is 0 Å². The van der Waals surface area contributed by atoms with E-state index in [2.05, 4.69) is 10.3 Å². The van der Waals surface area contributed by atoms with Gasteiger partial charge < -0.3 is 19.9 Å². The lowest BCUT2D eigenvalue weighted by atomic mass is 9.74. The second-order valence-electron chi connectivity index (χ2n) is 7.48. The zero-order chi connectivity index (χ0) is 22.3. The van der Waals surface area contributed by atoms with E-state index in [9.17, 15) is 28.3 Å². The van der Waals surface area contributed by atoms with Crippen molar-refractivity contribution >= 4 is 11.6 Å². The number of nitriles is 1. The average Bonchev–Trinajstić information content (AvgIpc) is 3.30. The number of fused-ring (bicyclic) bond motifs is 2. The Labute approximate surface area is 175 Å². The van der Waals surface area contributed by atoms with Gasteiger partial charge in [0.1, 0.15) is 6.07 Å². The first kappa shape index (κ1) is 21.1. The van der Waals surface area contributed by atoms with E-state index in [0.29, 0.717) is 11.4 Å². The van der Waals surface area contributed by atoms with E-state index in [-0.39, 0.29) is 17.7 Å². The van der Waals surface area contributed by atoms with Gasteiger partial charge in [-0.3, -0.25) is 4.79 Å². The Bertz CT molecular complexity index is 1050. The average molecular weight is 433 g/mol. The van der Waals surface area contributed by atoms with E-state index in [1.165, 1.54) is 13.3 Å². The molecule has 0 aliphatic carbocycles. The minimum absolute atomic E-state index is 0.0902. The summed E-state index contributed by atoms with van der Waals surface area (Å²) in [6.45, 7) is 0. The smallest absolute Gasteiger partial charge is 0.416 e. The third kappa shape index (κ3) is 3.82.